The molecule has 4 atom stereocenters. The Balaban J connectivity index is 0. The van der Waals surface area contributed by atoms with Gasteiger partial charge in [-0.15, -0.1) is 0 Å². The molecule has 0 aliphatic carbocycles. The van der Waals surface area contributed by atoms with E-state index in [0.29, 0.717) is 0 Å². The van der Waals surface area contributed by atoms with E-state index in [1.807, 2.05) is 0 Å². The molecule has 3 rings (SSSR count). The molecule has 2 aromatic heterocycles. The zero-order chi connectivity index (χ0) is 27.9. The minimum Gasteiger partial charge on any atom is -0.386 e. The van der Waals surface area contributed by atoms with Gasteiger partial charge in [-0.05, 0) is 0 Å². The number of aliphatic hydroxyl groups is 1. The Morgan fingerprint density at radius 1 is 1.03 bits per heavy atom. The second-order valence-corrected chi connectivity index (χ2v) is 8.98. The lowest BCUT2D eigenvalue weighted by Crippen LogP contribution is -2.26. The van der Waals surface area contributed by atoms with Crippen molar-refractivity contribution in [3.63, 3.8) is 0 Å². The molecule has 0 amide bonds. The van der Waals surface area contributed by atoms with Crippen LogP contribution in [0.5, 0.6) is 0 Å². The molecule has 12 N–H and O–H groups in total. The van der Waals surface area contributed by atoms with E-state index in [4.69, 9.17) is 73.5 Å². The first-order valence-electron chi connectivity index (χ1n) is 8.04. The molecular weight excluding hydrogens is 569 g/mol. The van der Waals surface area contributed by atoms with Crippen molar-refractivity contribution in [3.8, 4) is 6.07 Å². The Bertz CT molecular complexity index is 1100. The number of anilines is 1. The lowest BCUT2D eigenvalue weighted by atomic mass is 10.1. The molecule has 24 heteroatoms. The third-order valence-electron chi connectivity index (χ3n) is 3.20. The number of rotatable bonds is 1. The number of nitrogens with zero attached hydrogens (tertiary/aromatic N) is 4. The number of nitriles is 1. The minimum atomic E-state index is -4.64. The van der Waals surface area contributed by atoms with Crippen LogP contribution in [0, 0.1) is 17.1 Å². The first-order valence-corrected chi connectivity index (χ1v) is 12.7. The van der Waals surface area contributed by atoms with E-state index in [1.54, 1.807) is 6.07 Å². The molecule has 3 heterocycles. The van der Waals surface area contributed by atoms with Gasteiger partial charge in [-0.25, -0.2) is 32.0 Å². The van der Waals surface area contributed by atoms with E-state index in [9.17, 15) is 13.9 Å². The van der Waals surface area contributed by atoms with Crippen molar-refractivity contribution < 1.29 is 76.4 Å². The van der Waals surface area contributed by atoms with Gasteiger partial charge in [0.05, 0.1) is 11.8 Å². The second kappa shape index (κ2) is 14.1. The van der Waals surface area contributed by atoms with Crippen LogP contribution in [0.4, 0.5) is 14.6 Å². The molecule has 208 valence electrons. The molecule has 0 bridgehead atoms. The van der Waals surface area contributed by atoms with Crippen molar-refractivity contribution in [1.29, 1.82) is 5.26 Å². The molecule has 0 radical (unpaired) electrons. The number of hydrogen-bond donors (Lipinski definition) is 11. The Labute approximate surface area is 199 Å². The van der Waals surface area contributed by atoms with E-state index in [1.165, 1.54) is 0 Å². The summed E-state index contributed by atoms with van der Waals surface area (Å²) in [6.07, 6.45) is -5.00. The maximum absolute atomic E-state index is 14.0. The van der Waals surface area contributed by atoms with E-state index in [0.717, 1.165) is 16.9 Å². The lowest BCUT2D eigenvalue weighted by Gasteiger charge is -2.12. The van der Waals surface area contributed by atoms with Crippen molar-refractivity contribution in [2.45, 2.75) is 31.9 Å². The first-order chi connectivity index (χ1) is 15.5. The summed E-state index contributed by atoms with van der Waals surface area (Å²) in [5.41, 5.74) is 5.46. The van der Waals surface area contributed by atoms with Crippen LogP contribution < -0.4 is 5.73 Å². The number of phosphoric acid groups is 3. The number of nitrogen functional groups attached to an aromatic ring is 1. The topological polar surface area (TPSA) is 343 Å². The fourth-order valence-electron chi connectivity index (χ4n) is 2.25. The largest absolute Gasteiger partial charge is 0.466 e. The molecule has 1 aliphatic heterocycles. The average molecular weight is 591 g/mol. The van der Waals surface area contributed by atoms with Gasteiger partial charge >= 0.3 is 23.5 Å². The summed E-state index contributed by atoms with van der Waals surface area (Å²) in [6.45, 7) is 0. The molecule has 2 aromatic rings. The van der Waals surface area contributed by atoms with Crippen LogP contribution in [0.25, 0.3) is 5.52 Å². The summed E-state index contributed by atoms with van der Waals surface area (Å²) >= 11 is 0. The van der Waals surface area contributed by atoms with Crippen LogP contribution in [0.15, 0.2) is 12.4 Å². The van der Waals surface area contributed by atoms with Gasteiger partial charge in [0.25, 0.3) is 0 Å². The predicted octanol–water partition coefficient (Wildman–Crippen LogP) is -2.04. The van der Waals surface area contributed by atoms with Gasteiger partial charge in [0.1, 0.15) is 24.1 Å². The van der Waals surface area contributed by atoms with Crippen molar-refractivity contribution in [3.05, 3.63) is 23.9 Å². The van der Waals surface area contributed by atoms with E-state index >= 15 is 0 Å². The number of aliphatic hydroxyl groups excluding tert-OH is 1. The van der Waals surface area contributed by atoms with Crippen LogP contribution in [0.2, 0.25) is 0 Å². The zero-order valence-corrected chi connectivity index (χ0v) is 19.2. The van der Waals surface area contributed by atoms with Crippen LogP contribution >= 0.6 is 23.5 Å². The summed E-state index contributed by atoms with van der Waals surface area (Å²) in [6, 6.07) is 2.64. The number of halogens is 2. The Kier molecular flexibility index (Phi) is 14.2. The molecular formula is C12H22F2N5O14P3. The Morgan fingerprint density at radius 3 is 1.81 bits per heavy atom. The molecule has 1 aliphatic rings. The van der Waals surface area contributed by atoms with Gasteiger partial charge in [-0.3, -0.25) is 0 Å². The summed E-state index contributed by atoms with van der Waals surface area (Å²) in [5, 5.41) is 22.1. The number of alkyl halides is 1. The molecule has 1 saturated heterocycles. The average Bonchev–Trinajstić information content (AvgIpc) is 3.09. The SMILES string of the molecule is C.N#C[C@H]1O[C@@H](c2cc(F)c3c(N)ncnn23)[C@H](F)[C@@H]1O.O=P(O)(O)O.O=P(O)(O)O.O=P(O)(O)O. The molecule has 0 unspecified atom stereocenters. The fourth-order valence-corrected chi connectivity index (χ4v) is 2.25. The van der Waals surface area contributed by atoms with E-state index < -0.39 is 53.8 Å². The number of fused-ring (bicyclic) bond motifs is 1. The van der Waals surface area contributed by atoms with Crippen LogP contribution in [-0.4, -0.2) is 82.1 Å². The molecule has 0 spiro atoms. The van der Waals surface area contributed by atoms with Gasteiger partial charge in [0.15, 0.2) is 23.9 Å². The van der Waals surface area contributed by atoms with Gasteiger partial charge in [0, 0.05) is 6.07 Å². The smallest absolute Gasteiger partial charge is 0.386 e. The van der Waals surface area contributed by atoms with E-state index in [-0.39, 0.29) is 24.5 Å². The normalized spacial score (nSPS) is 21.4. The number of ether oxygens (including phenoxy) is 1. The van der Waals surface area contributed by atoms with Gasteiger partial charge in [-0.2, -0.15) is 10.4 Å². The third kappa shape index (κ3) is 14.5. The third-order valence-corrected chi connectivity index (χ3v) is 3.20. The van der Waals surface area contributed by atoms with Gasteiger partial charge in [0.2, 0.25) is 0 Å². The van der Waals surface area contributed by atoms with Crippen molar-refractivity contribution in [1.82, 2.24) is 14.6 Å². The maximum atomic E-state index is 14.0. The fraction of sp³-hybridized carbons (Fsp3) is 0.417. The zero-order valence-electron chi connectivity index (χ0n) is 16.5. The number of nitrogens with two attached hydrogens (primary N) is 1. The summed E-state index contributed by atoms with van der Waals surface area (Å²) < 4.78 is 60.7. The highest BCUT2D eigenvalue weighted by molar-refractivity contribution is 7.45. The number of hydrogen-bond acceptors (Lipinski definition) is 9. The van der Waals surface area contributed by atoms with Crippen molar-refractivity contribution >= 4 is 34.8 Å². The van der Waals surface area contributed by atoms with Crippen LogP contribution in [0.1, 0.15) is 19.2 Å². The Morgan fingerprint density at radius 2 is 1.44 bits per heavy atom. The highest BCUT2D eigenvalue weighted by Gasteiger charge is 2.46. The highest BCUT2D eigenvalue weighted by Crippen LogP contribution is 2.37. The lowest BCUT2D eigenvalue weighted by molar-refractivity contribution is 0.0396. The first kappa shape index (κ1) is 36.2. The monoisotopic (exact) mass is 591 g/mol. The molecule has 1 fully saturated rings. The second-order valence-electron chi connectivity index (χ2n) is 5.90. The molecule has 36 heavy (non-hydrogen) atoms. The van der Waals surface area contributed by atoms with Gasteiger partial charge < -0.3 is 59.6 Å². The van der Waals surface area contributed by atoms with E-state index in [2.05, 4.69) is 10.1 Å². The summed E-state index contributed by atoms with van der Waals surface area (Å²) in [5.74, 6) is -0.835. The molecule has 19 nitrogen and oxygen atoms in total. The van der Waals surface area contributed by atoms with Gasteiger partial charge in [-0.1, -0.05) is 7.43 Å². The standard InChI is InChI=1S/C11H9F2N5O2.CH4.3H3O4P/c12-4-1-5(18-8(4)11(15)16-3-17-18)10-7(13)9(19)6(2-14)20-10;;3*1-5(2,3)4/h1,3,6-7,9-10,19H,(H2,15,16,17);1H4;3*(H3,1,2,3,4)/t6-,7-,9-,10+;;;;/m1..../s1. The summed E-state index contributed by atoms with van der Waals surface area (Å²) in [4.78, 5) is 68.3. The van der Waals surface area contributed by atoms with Crippen LogP contribution in [0.3, 0.4) is 0 Å². The predicted molar refractivity (Wildman–Crippen MR) is 111 cm³/mol. The quantitative estimate of drug-likeness (QED) is 0.159. The number of aromatic nitrogens is 3. The molecule has 0 aromatic carbocycles. The maximum Gasteiger partial charge on any atom is 0.466 e. The molecule has 0 saturated carbocycles. The van der Waals surface area contributed by atoms with Crippen LogP contribution in [-0.2, 0) is 18.4 Å². The van der Waals surface area contributed by atoms with Crippen molar-refractivity contribution in [2.75, 3.05) is 5.73 Å². The highest BCUT2D eigenvalue weighted by atomic mass is 31.2. The Hall–Kier alpha value is -1.98. The minimum absolute atomic E-state index is 0. The summed E-state index contributed by atoms with van der Waals surface area (Å²) in [7, 11) is -13.9. The van der Waals surface area contributed by atoms with Crippen molar-refractivity contribution in [2.24, 2.45) is 0 Å².